The predicted molar refractivity (Wildman–Crippen MR) is 116 cm³/mol. The first-order valence-corrected chi connectivity index (χ1v) is 11.2. The highest BCUT2D eigenvalue weighted by molar-refractivity contribution is 7.89. The van der Waals surface area contributed by atoms with Gasteiger partial charge in [0, 0.05) is 45.8 Å². The van der Waals surface area contributed by atoms with Gasteiger partial charge >= 0.3 is 0 Å². The topological polar surface area (TPSA) is 73.0 Å². The predicted octanol–water partition coefficient (Wildman–Crippen LogP) is 2.33. The van der Waals surface area contributed by atoms with Gasteiger partial charge in [0.15, 0.2) is 0 Å². The molecule has 1 N–H and O–H groups in total. The van der Waals surface area contributed by atoms with E-state index in [0.29, 0.717) is 5.56 Å². The van der Waals surface area contributed by atoms with Gasteiger partial charge in [0.05, 0.1) is 16.3 Å². The number of hydrogen-bond acceptors (Lipinski definition) is 5. The van der Waals surface area contributed by atoms with Crippen LogP contribution in [0.4, 0.5) is 11.4 Å². The van der Waals surface area contributed by atoms with Gasteiger partial charge in [0.25, 0.3) is 5.91 Å². The number of carbonyl (C=O) groups excluding carboxylic acids is 1. The van der Waals surface area contributed by atoms with E-state index < -0.39 is 10.0 Å². The van der Waals surface area contributed by atoms with Gasteiger partial charge in [-0.05, 0) is 42.9 Å². The largest absolute Gasteiger partial charge is 0.367 e. The number of anilines is 2. The number of amides is 1. The van der Waals surface area contributed by atoms with Gasteiger partial charge in [-0.25, -0.2) is 12.7 Å². The van der Waals surface area contributed by atoms with Crippen LogP contribution in [-0.2, 0) is 10.0 Å². The van der Waals surface area contributed by atoms with Crippen molar-refractivity contribution in [3.8, 4) is 0 Å². The van der Waals surface area contributed by atoms with E-state index >= 15 is 0 Å². The zero-order valence-corrected chi connectivity index (χ0v) is 17.9. The molecule has 1 fully saturated rings. The number of piperazine rings is 1. The van der Waals surface area contributed by atoms with Gasteiger partial charge < -0.3 is 15.1 Å². The number of nitrogens with zero attached hydrogens (tertiary/aromatic N) is 3. The maximum Gasteiger partial charge on any atom is 0.255 e. The summed E-state index contributed by atoms with van der Waals surface area (Å²) in [6.07, 6.45) is 0. The van der Waals surface area contributed by atoms with E-state index in [1.54, 1.807) is 0 Å². The first-order valence-electron chi connectivity index (χ1n) is 9.73. The molecule has 0 aliphatic carbocycles. The molecule has 1 amide bonds. The van der Waals surface area contributed by atoms with E-state index in [2.05, 4.69) is 22.0 Å². The monoisotopic (exact) mass is 416 g/mol. The van der Waals surface area contributed by atoms with Crippen molar-refractivity contribution < 1.29 is 13.2 Å². The molecule has 29 heavy (non-hydrogen) atoms. The van der Waals surface area contributed by atoms with Crippen molar-refractivity contribution in [1.82, 2.24) is 9.21 Å². The summed E-state index contributed by atoms with van der Waals surface area (Å²) in [6, 6.07) is 13.8. The second-order valence-electron chi connectivity index (χ2n) is 7.20. The molecule has 1 heterocycles. The lowest BCUT2D eigenvalue weighted by Crippen LogP contribution is -2.46. The van der Waals surface area contributed by atoms with Crippen molar-refractivity contribution >= 4 is 27.3 Å². The van der Waals surface area contributed by atoms with E-state index in [9.17, 15) is 13.2 Å². The lowest BCUT2D eigenvalue weighted by atomic mass is 10.1. The number of sulfonamides is 1. The highest BCUT2D eigenvalue weighted by atomic mass is 32.2. The fraction of sp³-hybridized carbons (Fsp3) is 0.381. The molecule has 1 aliphatic heterocycles. The third-order valence-corrected chi connectivity index (χ3v) is 7.04. The van der Waals surface area contributed by atoms with E-state index in [-0.39, 0.29) is 10.8 Å². The minimum atomic E-state index is -3.52. The Morgan fingerprint density at radius 2 is 1.62 bits per heavy atom. The Morgan fingerprint density at radius 1 is 1.00 bits per heavy atom. The summed E-state index contributed by atoms with van der Waals surface area (Å²) in [7, 11) is -0.557. The highest BCUT2D eigenvalue weighted by Gasteiger charge is 2.20. The fourth-order valence-electron chi connectivity index (χ4n) is 3.34. The third kappa shape index (κ3) is 4.77. The minimum Gasteiger partial charge on any atom is -0.367 e. The first kappa shape index (κ1) is 21.3. The van der Waals surface area contributed by atoms with Gasteiger partial charge in [0.2, 0.25) is 10.0 Å². The number of likely N-dealkylation sites (N-methyl/N-ethyl adjacent to an activating group) is 1. The highest BCUT2D eigenvalue weighted by Crippen LogP contribution is 2.27. The van der Waals surface area contributed by atoms with Crippen molar-refractivity contribution in [2.45, 2.75) is 11.8 Å². The van der Waals surface area contributed by atoms with Crippen LogP contribution in [0.15, 0.2) is 53.4 Å². The van der Waals surface area contributed by atoms with Crippen LogP contribution in [0.3, 0.4) is 0 Å². The van der Waals surface area contributed by atoms with Crippen molar-refractivity contribution in [1.29, 1.82) is 0 Å². The Hall–Kier alpha value is -2.42. The molecule has 0 aromatic heterocycles. The summed E-state index contributed by atoms with van der Waals surface area (Å²) in [5.74, 6) is -0.265. The van der Waals surface area contributed by atoms with Crippen LogP contribution in [0.25, 0.3) is 0 Å². The molecule has 0 saturated carbocycles. The normalized spacial score (nSPS) is 15.5. The van der Waals surface area contributed by atoms with Gasteiger partial charge in [-0.3, -0.25) is 4.79 Å². The Kier molecular flexibility index (Phi) is 6.56. The third-order valence-electron chi connectivity index (χ3n) is 5.21. The van der Waals surface area contributed by atoms with Crippen molar-refractivity contribution in [2.75, 3.05) is 57.0 Å². The lowest BCUT2D eigenvalue weighted by molar-refractivity contribution is 0.102. The Labute approximate surface area is 173 Å². The zero-order chi connectivity index (χ0) is 21.0. The molecule has 0 unspecified atom stereocenters. The number of benzene rings is 2. The summed E-state index contributed by atoms with van der Waals surface area (Å²) in [4.78, 5) is 17.6. The van der Waals surface area contributed by atoms with Crippen LogP contribution in [-0.4, -0.2) is 70.3 Å². The Morgan fingerprint density at radius 3 is 2.21 bits per heavy atom. The molecule has 0 atom stereocenters. The summed E-state index contributed by atoms with van der Waals surface area (Å²) >= 11 is 0. The fourth-order valence-corrected chi connectivity index (χ4v) is 4.25. The van der Waals surface area contributed by atoms with Gasteiger partial charge in [0.1, 0.15) is 0 Å². The second kappa shape index (κ2) is 8.94. The molecule has 0 spiro atoms. The van der Waals surface area contributed by atoms with Crippen LogP contribution in [0.5, 0.6) is 0 Å². The van der Waals surface area contributed by atoms with Gasteiger partial charge in [-0.1, -0.05) is 19.1 Å². The first-order chi connectivity index (χ1) is 13.8. The zero-order valence-electron chi connectivity index (χ0n) is 17.1. The van der Waals surface area contributed by atoms with E-state index in [1.807, 2.05) is 24.3 Å². The maximum atomic E-state index is 12.7. The summed E-state index contributed by atoms with van der Waals surface area (Å²) in [5, 5.41) is 2.98. The molecule has 3 rings (SSSR count). The number of para-hydroxylation sites is 2. The minimum absolute atomic E-state index is 0.160. The molecule has 2 aromatic carbocycles. The summed E-state index contributed by atoms with van der Waals surface area (Å²) in [5.41, 5.74) is 2.17. The van der Waals surface area contributed by atoms with E-state index in [1.165, 1.54) is 38.4 Å². The van der Waals surface area contributed by atoms with Crippen LogP contribution < -0.4 is 10.2 Å². The number of nitrogens with one attached hydrogen (secondary N) is 1. The molecule has 156 valence electrons. The molecule has 0 bridgehead atoms. The molecular formula is C21H28N4O3S. The smallest absolute Gasteiger partial charge is 0.255 e. The Bertz CT molecular complexity index is 950. The maximum absolute atomic E-state index is 12.7. The average Bonchev–Trinajstić information content (AvgIpc) is 2.74. The van der Waals surface area contributed by atoms with Crippen LogP contribution in [0, 0.1) is 0 Å². The molecule has 8 heteroatoms. The second-order valence-corrected chi connectivity index (χ2v) is 9.36. The molecule has 1 aliphatic rings. The summed E-state index contributed by atoms with van der Waals surface area (Å²) in [6.45, 7) is 7.04. The van der Waals surface area contributed by atoms with E-state index in [0.717, 1.165) is 48.4 Å². The molecule has 7 nitrogen and oxygen atoms in total. The number of hydrogen-bond donors (Lipinski definition) is 1. The summed E-state index contributed by atoms with van der Waals surface area (Å²) < 4.78 is 25.5. The SMILES string of the molecule is CCN1CCN(c2ccccc2NC(=O)c2ccc(S(=O)(=O)N(C)C)cc2)CC1. The number of rotatable bonds is 6. The van der Waals surface area contributed by atoms with Crippen LogP contribution in [0.2, 0.25) is 0 Å². The van der Waals surface area contributed by atoms with Gasteiger partial charge in [-0.2, -0.15) is 0 Å². The van der Waals surface area contributed by atoms with Crippen LogP contribution in [0.1, 0.15) is 17.3 Å². The molecule has 1 saturated heterocycles. The lowest BCUT2D eigenvalue weighted by Gasteiger charge is -2.36. The quantitative estimate of drug-likeness (QED) is 0.783. The molecule has 0 radical (unpaired) electrons. The van der Waals surface area contributed by atoms with E-state index in [4.69, 9.17) is 0 Å². The molecule has 2 aromatic rings. The van der Waals surface area contributed by atoms with Crippen molar-refractivity contribution in [3.63, 3.8) is 0 Å². The molecular weight excluding hydrogens is 388 g/mol. The standard InChI is InChI=1S/C21H28N4O3S/c1-4-24-13-15-25(16-14-24)20-8-6-5-7-19(20)22-21(26)17-9-11-18(12-10-17)29(27,28)23(2)3/h5-12H,4,13-16H2,1-3H3,(H,22,26). The van der Waals surface area contributed by atoms with Crippen molar-refractivity contribution in [3.05, 3.63) is 54.1 Å². The average molecular weight is 417 g/mol. The Balaban J connectivity index is 1.75. The van der Waals surface area contributed by atoms with Gasteiger partial charge in [-0.15, -0.1) is 0 Å². The number of carbonyl (C=O) groups is 1. The van der Waals surface area contributed by atoms with Crippen molar-refractivity contribution in [2.24, 2.45) is 0 Å². The van der Waals surface area contributed by atoms with Crippen LogP contribution >= 0.6 is 0 Å².